The second kappa shape index (κ2) is 9.97. The van der Waals surface area contributed by atoms with Crippen molar-refractivity contribution in [3.8, 4) is 5.75 Å². The number of hydrogen-bond donors (Lipinski definition) is 2. The van der Waals surface area contributed by atoms with Gasteiger partial charge in [0.15, 0.2) is 0 Å². The van der Waals surface area contributed by atoms with Crippen LogP contribution in [0.3, 0.4) is 0 Å². The zero-order valence-corrected chi connectivity index (χ0v) is 13.5. The first-order valence-electron chi connectivity index (χ1n) is 6.86. The van der Waals surface area contributed by atoms with Gasteiger partial charge in [0.2, 0.25) is 0 Å². The fourth-order valence-electron chi connectivity index (χ4n) is 1.95. The zero-order valence-electron chi connectivity index (χ0n) is 12.7. The van der Waals surface area contributed by atoms with Crippen LogP contribution >= 0.6 is 12.4 Å². The molecule has 3 N–H and O–H groups in total. The van der Waals surface area contributed by atoms with Gasteiger partial charge in [0.25, 0.3) is 11.6 Å². The van der Waals surface area contributed by atoms with Gasteiger partial charge < -0.3 is 15.8 Å². The SMILES string of the molecule is CCCCC(CN)NC(=O)c1cc([N+](=O)[O-])ccc1OC.Cl. The van der Waals surface area contributed by atoms with Crippen LogP contribution in [0.4, 0.5) is 5.69 Å². The Morgan fingerprint density at radius 1 is 1.50 bits per heavy atom. The number of carbonyl (C=O) groups excluding carboxylic acids is 1. The van der Waals surface area contributed by atoms with E-state index in [4.69, 9.17) is 10.5 Å². The lowest BCUT2D eigenvalue weighted by Crippen LogP contribution is -2.40. The Morgan fingerprint density at radius 3 is 2.68 bits per heavy atom. The second-order valence-corrected chi connectivity index (χ2v) is 4.69. The minimum absolute atomic E-state index is 0. The van der Waals surface area contributed by atoms with Crippen LogP contribution < -0.4 is 15.8 Å². The summed E-state index contributed by atoms with van der Waals surface area (Å²) >= 11 is 0. The van der Waals surface area contributed by atoms with E-state index in [1.165, 1.54) is 25.3 Å². The van der Waals surface area contributed by atoms with Crippen LogP contribution in [0.5, 0.6) is 5.75 Å². The first kappa shape index (κ1) is 20.1. The fourth-order valence-corrected chi connectivity index (χ4v) is 1.95. The van der Waals surface area contributed by atoms with Crippen LogP contribution in [0.1, 0.15) is 36.5 Å². The Balaban J connectivity index is 0.00000441. The van der Waals surface area contributed by atoms with Crippen molar-refractivity contribution < 1.29 is 14.5 Å². The van der Waals surface area contributed by atoms with Gasteiger partial charge in [0, 0.05) is 24.7 Å². The molecule has 7 nitrogen and oxygen atoms in total. The number of nitro groups is 1. The molecule has 0 bridgehead atoms. The third-order valence-electron chi connectivity index (χ3n) is 3.16. The van der Waals surface area contributed by atoms with E-state index in [1.807, 2.05) is 0 Å². The predicted octanol–water partition coefficient (Wildman–Crippen LogP) is 2.27. The van der Waals surface area contributed by atoms with Gasteiger partial charge in [-0.05, 0) is 12.5 Å². The first-order valence-corrected chi connectivity index (χ1v) is 6.86. The van der Waals surface area contributed by atoms with Crippen molar-refractivity contribution in [1.29, 1.82) is 0 Å². The molecule has 0 radical (unpaired) electrons. The fraction of sp³-hybridized carbons (Fsp3) is 0.500. The molecule has 0 aliphatic carbocycles. The Labute approximate surface area is 135 Å². The number of halogens is 1. The van der Waals surface area contributed by atoms with Gasteiger partial charge >= 0.3 is 0 Å². The van der Waals surface area contributed by atoms with Crippen LogP contribution in [-0.2, 0) is 0 Å². The molecular weight excluding hydrogens is 310 g/mol. The van der Waals surface area contributed by atoms with Crippen LogP contribution in [-0.4, -0.2) is 30.5 Å². The summed E-state index contributed by atoms with van der Waals surface area (Å²) in [5, 5.41) is 13.6. The summed E-state index contributed by atoms with van der Waals surface area (Å²) in [5.74, 6) is -0.119. The Morgan fingerprint density at radius 2 is 2.18 bits per heavy atom. The third kappa shape index (κ3) is 5.50. The molecule has 1 amide bonds. The molecule has 0 aliphatic rings. The maximum absolute atomic E-state index is 12.3. The van der Waals surface area contributed by atoms with Gasteiger partial charge in [-0.25, -0.2) is 0 Å². The maximum atomic E-state index is 12.3. The predicted molar refractivity (Wildman–Crippen MR) is 86.7 cm³/mol. The Bertz CT molecular complexity index is 511. The van der Waals surface area contributed by atoms with Crippen molar-refractivity contribution >= 4 is 24.0 Å². The summed E-state index contributed by atoms with van der Waals surface area (Å²) in [7, 11) is 1.41. The van der Waals surface area contributed by atoms with Crippen LogP contribution in [0, 0.1) is 10.1 Å². The molecule has 22 heavy (non-hydrogen) atoms. The number of nitro benzene ring substituents is 1. The molecule has 0 aliphatic heterocycles. The van der Waals surface area contributed by atoms with E-state index in [2.05, 4.69) is 12.2 Å². The average molecular weight is 332 g/mol. The molecule has 1 unspecified atom stereocenters. The lowest BCUT2D eigenvalue weighted by atomic mass is 10.1. The average Bonchev–Trinajstić information content (AvgIpc) is 2.50. The molecule has 8 heteroatoms. The molecule has 124 valence electrons. The highest BCUT2D eigenvalue weighted by Gasteiger charge is 2.19. The van der Waals surface area contributed by atoms with Crippen molar-refractivity contribution in [2.24, 2.45) is 5.73 Å². The lowest BCUT2D eigenvalue weighted by molar-refractivity contribution is -0.384. The van der Waals surface area contributed by atoms with Crippen LogP contribution in [0.25, 0.3) is 0 Å². The summed E-state index contributed by atoms with van der Waals surface area (Å²) < 4.78 is 5.08. The number of methoxy groups -OCH3 is 1. The molecular formula is C14H22ClN3O4. The van der Waals surface area contributed by atoms with E-state index in [0.717, 1.165) is 19.3 Å². The smallest absolute Gasteiger partial charge is 0.270 e. The quantitative estimate of drug-likeness (QED) is 0.561. The van der Waals surface area contributed by atoms with Gasteiger partial charge in [-0.1, -0.05) is 19.8 Å². The summed E-state index contributed by atoms with van der Waals surface area (Å²) in [4.78, 5) is 22.5. The van der Waals surface area contributed by atoms with E-state index in [-0.39, 0.29) is 29.7 Å². The van der Waals surface area contributed by atoms with Gasteiger partial charge in [-0.15, -0.1) is 12.4 Å². The largest absolute Gasteiger partial charge is 0.496 e. The van der Waals surface area contributed by atoms with Gasteiger partial charge in [0.1, 0.15) is 5.75 Å². The van der Waals surface area contributed by atoms with Gasteiger partial charge in [0.05, 0.1) is 17.6 Å². The van der Waals surface area contributed by atoms with E-state index in [0.29, 0.717) is 12.3 Å². The summed E-state index contributed by atoms with van der Waals surface area (Å²) in [5.41, 5.74) is 5.62. The highest BCUT2D eigenvalue weighted by Crippen LogP contribution is 2.24. The van der Waals surface area contributed by atoms with Crippen LogP contribution in [0.15, 0.2) is 18.2 Å². The van der Waals surface area contributed by atoms with Crippen molar-refractivity contribution in [1.82, 2.24) is 5.32 Å². The zero-order chi connectivity index (χ0) is 15.8. The number of nitrogens with zero attached hydrogens (tertiary/aromatic N) is 1. The van der Waals surface area contributed by atoms with Crippen molar-refractivity contribution in [2.45, 2.75) is 32.2 Å². The van der Waals surface area contributed by atoms with Crippen molar-refractivity contribution in [2.75, 3.05) is 13.7 Å². The standard InChI is InChI=1S/C14H21N3O4.ClH/c1-3-4-5-10(9-15)16-14(18)12-8-11(17(19)20)6-7-13(12)21-2;/h6-8,10H,3-5,9,15H2,1-2H3,(H,16,18);1H. The number of carbonyl (C=O) groups is 1. The minimum Gasteiger partial charge on any atom is -0.496 e. The van der Waals surface area contributed by atoms with E-state index >= 15 is 0 Å². The maximum Gasteiger partial charge on any atom is 0.270 e. The molecule has 0 aromatic heterocycles. The number of ether oxygens (including phenoxy) is 1. The Kier molecular flexibility index (Phi) is 9.12. The van der Waals surface area contributed by atoms with Crippen molar-refractivity contribution in [3.63, 3.8) is 0 Å². The number of hydrogen-bond acceptors (Lipinski definition) is 5. The summed E-state index contributed by atoms with van der Waals surface area (Å²) in [6.07, 6.45) is 2.73. The van der Waals surface area contributed by atoms with Crippen molar-refractivity contribution in [3.05, 3.63) is 33.9 Å². The monoisotopic (exact) mass is 331 g/mol. The molecule has 0 fully saturated rings. The van der Waals surface area contributed by atoms with E-state index in [1.54, 1.807) is 0 Å². The van der Waals surface area contributed by atoms with Crippen LogP contribution in [0.2, 0.25) is 0 Å². The normalized spacial score (nSPS) is 11.2. The highest BCUT2D eigenvalue weighted by molar-refractivity contribution is 5.97. The van der Waals surface area contributed by atoms with E-state index < -0.39 is 10.8 Å². The van der Waals surface area contributed by atoms with Gasteiger partial charge in [-0.2, -0.15) is 0 Å². The molecule has 0 heterocycles. The van der Waals surface area contributed by atoms with E-state index in [9.17, 15) is 14.9 Å². The third-order valence-corrected chi connectivity index (χ3v) is 3.16. The highest BCUT2D eigenvalue weighted by atomic mass is 35.5. The molecule has 0 spiro atoms. The minimum atomic E-state index is -0.548. The number of nitrogens with one attached hydrogen (secondary N) is 1. The number of benzene rings is 1. The molecule has 0 saturated carbocycles. The Hall–Kier alpha value is -1.86. The molecule has 1 rings (SSSR count). The summed E-state index contributed by atoms with van der Waals surface area (Å²) in [6, 6.07) is 3.77. The molecule has 1 atom stereocenters. The first-order chi connectivity index (χ1) is 10.0. The second-order valence-electron chi connectivity index (χ2n) is 4.69. The number of nitrogens with two attached hydrogens (primary N) is 1. The van der Waals surface area contributed by atoms with Gasteiger partial charge in [-0.3, -0.25) is 14.9 Å². The number of non-ortho nitro benzene ring substituents is 1. The molecule has 0 saturated heterocycles. The topological polar surface area (TPSA) is 107 Å². The molecule has 1 aromatic rings. The number of rotatable bonds is 8. The lowest BCUT2D eigenvalue weighted by Gasteiger charge is -2.17. The summed E-state index contributed by atoms with van der Waals surface area (Å²) in [6.45, 7) is 2.38. The molecule has 1 aromatic carbocycles. The number of amides is 1. The number of unbranched alkanes of at least 4 members (excludes halogenated alkanes) is 1.